The number of rotatable bonds is 10. The number of nitriles is 1. The molecule has 3 N–H and O–H groups in total. The van der Waals surface area contributed by atoms with Crippen LogP contribution in [0.1, 0.15) is 76.5 Å². The fourth-order valence-corrected chi connectivity index (χ4v) is 9.65. The van der Waals surface area contributed by atoms with Crippen molar-refractivity contribution in [2.24, 2.45) is 5.92 Å². The topological polar surface area (TPSA) is 198 Å². The molecule has 1 saturated carbocycles. The number of fused-ring (bicyclic) bond motifs is 2. The number of nitrogens with zero attached hydrogens (tertiary/aromatic N) is 10. The average Bonchev–Trinajstić information content (AvgIpc) is 3.86. The van der Waals surface area contributed by atoms with Gasteiger partial charge in [0.05, 0.1) is 11.9 Å². The van der Waals surface area contributed by atoms with E-state index in [1.54, 1.807) is 29.7 Å². The van der Waals surface area contributed by atoms with Crippen LogP contribution in [0.3, 0.4) is 0 Å². The van der Waals surface area contributed by atoms with Crippen molar-refractivity contribution in [1.82, 2.24) is 44.9 Å². The lowest BCUT2D eigenvalue weighted by molar-refractivity contribution is -0.136. The van der Waals surface area contributed by atoms with Crippen molar-refractivity contribution < 1.29 is 19.2 Å². The van der Waals surface area contributed by atoms with Crippen LogP contribution in [0.2, 0.25) is 0 Å². The molecular weight excluding hydrogens is 787 g/mol. The molecule has 0 radical (unpaired) electrons. The molecule has 4 fully saturated rings. The molecule has 0 bridgehead atoms. The maximum Gasteiger partial charge on any atom is 0.271 e. The van der Waals surface area contributed by atoms with E-state index in [2.05, 4.69) is 80.9 Å². The predicted molar refractivity (Wildman–Crippen MR) is 230 cm³/mol. The van der Waals surface area contributed by atoms with Crippen LogP contribution in [0.15, 0.2) is 73.4 Å². The highest BCUT2D eigenvalue weighted by Crippen LogP contribution is 2.36. The average molecular weight is 834 g/mol. The third-order valence-corrected chi connectivity index (χ3v) is 13.2. The molecule has 4 aliphatic heterocycles. The number of hydrogen-bond donors (Lipinski definition) is 3. The van der Waals surface area contributed by atoms with E-state index in [1.165, 1.54) is 11.9 Å². The molecule has 5 aromatic rings. The molecule has 10 rings (SSSR count). The van der Waals surface area contributed by atoms with Crippen molar-refractivity contribution in [1.29, 1.82) is 5.26 Å². The maximum atomic E-state index is 13.2. The molecule has 62 heavy (non-hydrogen) atoms. The second-order valence-electron chi connectivity index (χ2n) is 17.0. The van der Waals surface area contributed by atoms with Crippen LogP contribution in [-0.2, 0) is 16.1 Å². The summed E-state index contributed by atoms with van der Waals surface area (Å²) in [4.78, 5) is 76.9. The predicted octanol–water partition coefficient (Wildman–Crippen LogP) is 3.77. The molecule has 0 spiro atoms. The number of aromatic nitrogens is 5. The summed E-state index contributed by atoms with van der Waals surface area (Å²) in [5.41, 5.74) is 6.63. The minimum Gasteiger partial charge on any atom is -0.372 e. The minimum absolute atomic E-state index is 0.0348. The molecule has 1 unspecified atom stereocenters. The highest BCUT2D eigenvalue weighted by molar-refractivity contribution is 6.05. The van der Waals surface area contributed by atoms with Crippen LogP contribution < -0.4 is 25.8 Å². The van der Waals surface area contributed by atoms with Gasteiger partial charge in [-0.05, 0) is 98.2 Å². The van der Waals surface area contributed by atoms with Crippen LogP contribution in [0.25, 0.3) is 11.2 Å². The van der Waals surface area contributed by atoms with Gasteiger partial charge in [0, 0.05) is 99.7 Å². The number of piperazine rings is 1. The fourth-order valence-electron chi connectivity index (χ4n) is 9.65. The Morgan fingerprint density at radius 2 is 1.65 bits per heavy atom. The first kappa shape index (κ1) is 39.2. The number of imidazole rings is 1. The molecule has 17 heteroatoms. The van der Waals surface area contributed by atoms with Gasteiger partial charge in [0.25, 0.3) is 11.8 Å². The van der Waals surface area contributed by atoms with Crippen molar-refractivity contribution in [3.05, 3.63) is 95.8 Å². The van der Waals surface area contributed by atoms with Crippen molar-refractivity contribution in [3.8, 4) is 6.07 Å². The Morgan fingerprint density at radius 3 is 2.42 bits per heavy atom. The third kappa shape index (κ3) is 7.66. The molecule has 5 aliphatic rings. The van der Waals surface area contributed by atoms with E-state index in [1.807, 2.05) is 22.8 Å². The van der Waals surface area contributed by atoms with Crippen LogP contribution >= 0.6 is 0 Å². The van der Waals surface area contributed by atoms with E-state index in [0.29, 0.717) is 48.6 Å². The van der Waals surface area contributed by atoms with Gasteiger partial charge in [-0.1, -0.05) is 0 Å². The molecule has 4 amide bonds. The quantitative estimate of drug-likeness (QED) is 0.172. The summed E-state index contributed by atoms with van der Waals surface area (Å²) in [6.07, 6.45) is 9.13. The standard InChI is InChI=1S/C45H47N13O4/c46-23-29-2-1-13-47-39(29)44(61)52-32-21-35(22-32)58-27-50-40-41(48-26-49-42(40)58)51-31-3-5-33(6-4-31)56-18-16-54(17-19-56)24-28-11-14-55(15-12-28)34-7-8-36-30(20-34)25-57(45(36)62)37-9-10-38(59)53-43(37)60/h1-8,13,20,26-28,32,35,37H,9-12,14-19,21-22,24-25H2,(H,52,61)(H,48,49,51)(H,53,59,60). The lowest BCUT2D eigenvalue weighted by Crippen LogP contribution is -2.52. The Bertz CT molecular complexity index is 2580. The van der Waals surface area contributed by atoms with Crippen LogP contribution in [0.4, 0.5) is 22.9 Å². The van der Waals surface area contributed by atoms with Gasteiger partial charge >= 0.3 is 0 Å². The number of nitrogens with one attached hydrogen (secondary N) is 3. The van der Waals surface area contributed by atoms with Gasteiger partial charge in [0.1, 0.15) is 24.1 Å². The zero-order valence-electron chi connectivity index (χ0n) is 34.2. The van der Waals surface area contributed by atoms with E-state index >= 15 is 0 Å². The molecule has 3 aromatic heterocycles. The molecule has 17 nitrogen and oxygen atoms in total. The van der Waals surface area contributed by atoms with Gasteiger partial charge in [-0.15, -0.1) is 0 Å². The molecule has 316 valence electrons. The monoisotopic (exact) mass is 833 g/mol. The summed E-state index contributed by atoms with van der Waals surface area (Å²) >= 11 is 0. The Morgan fingerprint density at radius 1 is 0.871 bits per heavy atom. The Hall–Kier alpha value is -6.93. The summed E-state index contributed by atoms with van der Waals surface area (Å²) in [5, 5.41) is 18.2. The van der Waals surface area contributed by atoms with Crippen molar-refractivity contribution >= 4 is 57.7 Å². The van der Waals surface area contributed by atoms with Gasteiger partial charge in [-0.25, -0.2) is 19.9 Å². The number of imide groups is 1. The molecule has 7 heterocycles. The maximum absolute atomic E-state index is 13.2. The fraction of sp³-hybridized carbons (Fsp3) is 0.400. The minimum atomic E-state index is -0.599. The zero-order valence-corrected chi connectivity index (χ0v) is 34.2. The number of benzene rings is 2. The van der Waals surface area contributed by atoms with Crippen LogP contribution in [0, 0.1) is 17.2 Å². The molecular formula is C45H47N13O4. The van der Waals surface area contributed by atoms with E-state index in [-0.39, 0.29) is 53.4 Å². The Labute approximate surface area is 358 Å². The molecule has 1 aliphatic carbocycles. The van der Waals surface area contributed by atoms with Gasteiger partial charge < -0.3 is 29.9 Å². The van der Waals surface area contributed by atoms with E-state index in [9.17, 15) is 24.4 Å². The normalized spacial score (nSPS) is 22.0. The summed E-state index contributed by atoms with van der Waals surface area (Å²) < 4.78 is 2.04. The van der Waals surface area contributed by atoms with Crippen LogP contribution in [-0.4, -0.2) is 116 Å². The number of pyridine rings is 1. The zero-order chi connectivity index (χ0) is 42.3. The lowest BCUT2D eigenvalue weighted by Gasteiger charge is -2.40. The van der Waals surface area contributed by atoms with Gasteiger partial charge in [-0.2, -0.15) is 5.26 Å². The summed E-state index contributed by atoms with van der Waals surface area (Å²) in [6, 6.07) is 19.3. The molecule has 2 aromatic carbocycles. The van der Waals surface area contributed by atoms with Gasteiger partial charge in [-0.3, -0.25) is 29.4 Å². The second kappa shape index (κ2) is 16.5. The van der Waals surface area contributed by atoms with Crippen molar-refractivity contribution in [3.63, 3.8) is 0 Å². The van der Waals surface area contributed by atoms with E-state index in [4.69, 9.17) is 0 Å². The summed E-state index contributed by atoms with van der Waals surface area (Å²) in [5.74, 6) is 0.133. The van der Waals surface area contributed by atoms with Crippen molar-refractivity contribution in [2.75, 3.05) is 60.9 Å². The number of piperidine rings is 2. The largest absolute Gasteiger partial charge is 0.372 e. The van der Waals surface area contributed by atoms with Crippen LogP contribution in [0.5, 0.6) is 0 Å². The first-order valence-electron chi connectivity index (χ1n) is 21.5. The third-order valence-electron chi connectivity index (χ3n) is 13.2. The highest BCUT2D eigenvalue weighted by atomic mass is 16.2. The number of hydrogen-bond acceptors (Lipinski definition) is 13. The van der Waals surface area contributed by atoms with E-state index in [0.717, 1.165) is 81.2 Å². The summed E-state index contributed by atoms with van der Waals surface area (Å²) in [6.45, 7) is 7.41. The number of carbonyl (C=O) groups excluding carboxylic acids is 4. The van der Waals surface area contributed by atoms with Gasteiger partial charge in [0.15, 0.2) is 17.0 Å². The Balaban J connectivity index is 0.675. The summed E-state index contributed by atoms with van der Waals surface area (Å²) in [7, 11) is 0. The number of carbonyl (C=O) groups is 4. The van der Waals surface area contributed by atoms with Crippen molar-refractivity contribution in [2.45, 2.75) is 63.2 Å². The van der Waals surface area contributed by atoms with E-state index < -0.39 is 6.04 Å². The molecule has 3 saturated heterocycles. The first-order valence-corrected chi connectivity index (χ1v) is 21.5. The highest BCUT2D eigenvalue weighted by Gasteiger charge is 2.39. The second-order valence-corrected chi connectivity index (χ2v) is 17.0. The molecule has 1 atom stereocenters. The number of anilines is 4. The smallest absolute Gasteiger partial charge is 0.271 e. The lowest BCUT2D eigenvalue weighted by atomic mass is 9.86. The number of amides is 4. The van der Waals surface area contributed by atoms with Gasteiger partial charge in [0.2, 0.25) is 11.8 Å². The first-order chi connectivity index (χ1) is 30.3. The Kier molecular flexibility index (Phi) is 10.4. The SMILES string of the molecule is N#Cc1cccnc1C(=O)NC1CC(n2cnc3c(Nc4ccc(N5CCN(CC6CCN(c7ccc8c(c7)CN(C7CCC(=O)NC7=O)C8=O)CC6)CC5)cc4)ncnc32)C1.